The number of imidazole rings is 1. The van der Waals surface area contributed by atoms with Crippen LogP contribution in [0.4, 0.5) is 11.5 Å². The van der Waals surface area contributed by atoms with Crippen molar-refractivity contribution in [3.8, 4) is 5.75 Å². The molecular formula is C17H17BrClN5O2. The van der Waals surface area contributed by atoms with Crippen LogP contribution >= 0.6 is 27.5 Å². The Morgan fingerprint density at radius 3 is 3.00 bits per heavy atom. The smallest absolute Gasteiger partial charge is 0.200 e. The van der Waals surface area contributed by atoms with Crippen LogP contribution in [0.15, 0.2) is 29.3 Å². The van der Waals surface area contributed by atoms with Crippen LogP contribution in [0.2, 0.25) is 5.02 Å². The molecule has 1 saturated heterocycles. The number of hydrogen-bond donors (Lipinski definition) is 1. The highest BCUT2D eigenvalue weighted by atomic mass is 79.9. The van der Waals surface area contributed by atoms with E-state index in [2.05, 4.69) is 36.2 Å². The van der Waals surface area contributed by atoms with Gasteiger partial charge >= 0.3 is 0 Å². The fraction of sp³-hybridized carbons (Fsp3) is 0.353. The molecule has 1 atom stereocenters. The molecule has 2 aromatic heterocycles. The zero-order valence-electron chi connectivity index (χ0n) is 14.1. The normalized spacial score (nSPS) is 17.4. The number of aromatic nitrogens is 4. The van der Waals surface area contributed by atoms with E-state index in [4.69, 9.17) is 21.1 Å². The lowest BCUT2D eigenvalue weighted by molar-refractivity contribution is -0.0298. The van der Waals surface area contributed by atoms with E-state index in [-0.39, 0.29) is 6.23 Å². The first-order valence-electron chi connectivity index (χ1n) is 8.28. The summed E-state index contributed by atoms with van der Waals surface area (Å²) >= 11 is 9.43. The molecule has 3 heterocycles. The van der Waals surface area contributed by atoms with Crippen molar-refractivity contribution in [2.75, 3.05) is 19.0 Å². The van der Waals surface area contributed by atoms with Gasteiger partial charge in [-0.1, -0.05) is 11.6 Å². The van der Waals surface area contributed by atoms with Gasteiger partial charge in [-0.25, -0.2) is 15.0 Å². The summed E-state index contributed by atoms with van der Waals surface area (Å²) in [6, 6.07) is 5.37. The zero-order valence-corrected chi connectivity index (χ0v) is 16.4. The van der Waals surface area contributed by atoms with E-state index < -0.39 is 0 Å². The zero-order chi connectivity index (χ0) is 18.1. The van der Waals surface area contributed by atoms with Gasteiger partial charge in [0.1, 0.15) is 12.0 Å². The average Bonchev–Trinajstić information content (AvgIpc) is 3.07. The second-order valence-electron chi connectivity index (χ2n) is 5.96. The number of fused-ring (bicyclic) bond motifs is 1. The van der Waals surface area contributed by atoms with Gasteiger partial charge in [0.15, 0.2) is 17.0 Å². The van der Waals surface area contributed by atoms with Crippen molar-refractivity contribution in [3.05, 3.63) is 34.3 Å². The molecule has 1 N–H and O–H groups in total. The van der Waals surface area contributed by atoms with Gasteiger partial charge in [-0.05, 0) is 47.3 Å². The minimum absolute atomic E-state index is 0.0477. The van der Waals surface area contributed by atoms with Crippen molar-refractivity contribution in [2.45, 2.75) is 25.5 Å². The molecule has 9 heteroatoms. The highest BCUT2D eigenvalue weighted by Gasteiger charge is 2.21. The van der Waals surface area contributed by atoms with E-state index in [0.717, 1.165) is 31.6 Å². The molecule has 4 rings (SSSR count). The van der Waals surface area contributed by atoms with Crippen LogP contribution < -0.4 is 10.1 Å². The molecule has 1 aliphatic rings. The van der Waals surface area contributed by atoms with E-state index in [1.165, 1.54) is 0 Å². The number of benzene rings is 1. The maximum absolute atomic E-state index is 6.04. The van der Waals surface area contributed by atoms with Gasteiger partial charge in [0, 0.05) is 17.7 Å². The molecule has 0 spiro atoms. The van der Waals surface area contributed by atoms with Crippen LogP contribution in [-0.2, 0) is 4.74 Å². The average molecular weight is 439 g/mol. The van der Waals surface area contributed by atoms with E-state index in [0.29, 0.717) is 32.5 Å². The third-order valence-electron chi connectivity index (χ3n) is 4.28. The third-order valence-corrected chi connectivity index (χ3v) is 4.87. The Bertz CT molecular complexity index is 942. The second kappa shape index (κ2) is 7.38. The molecule has 7 nitrogen and oxygen atoms in total. The molecule has 0 amide bonds. The molecule has 0 radical (unpaired) electrons. The highest BCUT2D eigenvalue weighted by molar-refractivity contribution is 9.10. The van der Waals surface area contributed by atoms with Crippen LogP contribution in [0.5, 0.6) is 5.75 Å². The Hall–Kier alpha value is -1.90. The van der Waals surface area contributed by atoms with E-state index >= 15 is 0 Å². The lowest BCUT2D eigenvalue weighted by Gasteiger charge is -2.23. The fourth-order valence-corrected chi connectivity index (χ4v) is 3.53. The summed E-state index contributed by atoms with van der Waals surface area (Å²) in [5, 5.41) is 3.87. The first-order chi connectivity index (χ1) is 12.7. The third kappa shape index (κ3) is 3.36. The Balaban J connectivity index is 1.75. The predicted molar refractivity (Wildman–Crippen MR) is 103 cm³/mol. The quantitative estimate of drug-likeness (QED) is 0.596. The van der Waals surface area contributed by atoms with Gasteiger partial charge in [-0.15, -0.1) is 0 Å². The topological polar surface area (TPSA) is 74.1 Å². The molecule has 1 aromatic carbocycles. The summed E-state index contributed by atoms with van der Waals surface area (Å²) in [5.74, 6) is 1.20. The van der Waals surface area contributed by atoms with E-state index in [1.807, 2.05) is 10.6 Å². The number of nitrogens with one attached hydrogen (secondary N) is 1. The predicted octanol–water partition coefficient (Wildman–Crippen LogP) is 4.69. The highest BCUT2D eigenvalue weighted by Crippen LogP contribution is 2.33. The number of anilines is 2. The molecule has 1 aliphatic heterocycles. The summed E-state index contributed by atoms with van der Waals surface area (Å²) in [4.78, 5) is 13.5. The maximum atomic E-state index is 6.04. The van der Waals surface area contributed by atoms with Crippen LogP contribution in [0.25, 0.3) is 11.2 Å². The molecule has 0 aliphatic carbocycles. The minimum Gasteiger partial charge on any atom is -0.495 e. The first kappa shape index (κ1) is 17.5. The van der Waals surface area contributed by atoms with Gasteiger partial charge in [-0.2, -0.15) is 0 Å². The number of ether oxygens (including phenoxy) is 2. The number of halogens is 2. The van der Waals surface area contributed by atoms with E-state index in [9.17, 15) is 0 Å². The summed E-state index contributed by atoms with van der Waals surface area (Å²) in [7, 11) is 1.59. The molecule has 0 bridgehead atoms. The Morgan fingerprint density at radius 2 is 2.23 bits per heavy atom. The maximum Gasteiger partial charge on any atom is 0.200 e. The Morgan fingerprint density at radius 1 is 1.35 bits per heavy atom. The van der Waals surface area contributed by atoms with Crippen molar-refractivity contribution < 1.29 is 9.47 Å². The molecule has 26 heavy (non-hydrogen) atoms. The number of hydrogen-bond acceptors (Lipinski definition) is 6. The van der Waals surface area contributed by atoms with Crippen LogP contribution in [0, 0.1) is 0 Å². The van der Waals surface area contributed by atoms with Gasteiger partial charge in [-0.3, -0.25) is 4.57 Å². The summed E-state index contributed by atoms with van der Waals surface area (Å²) in [5.41, 5.74) is 2.13. The van der Waals surface area contributed by atoms with Crippen LogP contribution in [0.3, 0.4) is 0 Å². The number of methoxy groups -OCH3 is 1. The van der Waals surface area contributed by atoms with Gasteiger partial charge in [0.25, 0.3) is 0 Å². The van der Waals surface area contributed by atoms with E-state index in [1.54, 1.807) is 25.6 Å². The van der Waals surface area contributed by atoms with Crippen molar-refractivity contribution >= 4 is 50.2 Å². The molecule has 1 fully saturated rings. The van der Waals surface area contributed by atoms with Crippen LogP contribution in [-0.4, -0.2) is 33.2 Å². The lowest BCUT2D eigenvalue weighted by atomic mass is 10.2. The van der Waals surface area contributed by atoms with Gasteiger partial charge in [0.2, 0.25) is 4.73 Å². The minimum atomic E-state index is -0.0477. The summed E-state index contributed by atoms with van der Waals surface area (Å²) in [6.07, 6.45) is 4.87. The fourth-order valence-electron chi connectivity index (χ4n) is 3.03. The van der Waals surface area contributed by atoms with Crippen molar-refractivity contribution in [1.29, 1.82) is 0 Å². The van der Waals surface area contributed by atoms with Gasteiger partial charge in [0.05, 0.1) is 19.1 Å². The van der Waals surface area contributed by atoms with Crippen molar-refractivity contribution in [1.82, 2.24) is 19.5 Å². The Kier molecular flexibility index (Phi) is 4.97. The monoisotopic (exact) mass is 437 g/mol. The van der Waals surface area contributed by atoms with Crippen LogP contribution in [0.1, 0.15) is 25.5 Å². The SMILES string of the molecule is COc1cc(Cl)ccc1Nc1nc(Br)nc2c1ncn2C1CCCCO1. The number of rotatable bonds is 4. The molecular weight excluding hydrogens is 422 g/mol. The number of nitrogens with zero attached hydrogens (tertiary/aromatic N) is 4. The molecule has 136 valence electrons. The second-order valence-corrected chi connectivity index (χ2v) is 7.10. The lowest BCUT2D eigenvalue weighted by Crippen LogP contribution is -2.17. The largest absolute Gasteiger partial charge is 0.495 e. The summed E-state index contributed by atoms with van der Waals surface area (Å²) < 4.78 is 13.7. The van der Waals surface area contributed by atoms with Gasteiger partial charge < -0.3 is 14.8 Å². The van der Waals surface area contributed by atoms with Crippen molar-refractivity contribution in [2.24, 2.45) is 0 Å². The molecule has 3 aromatic rings. The standard InChI is InChI=1S/C17H17BrClN5O2/c1-25-12-8-10(19)5-6-11(12)21-15-14-16(23-17(18)22-15)24(9-20-14)13-4-2-3-7-26-13/h5-6,8-9,13H,2-4,7H2,1H3,(H,21,22,23). The molecule has 0 saturated carbocycles. The Labute approximate surface area is 163 Å². The molecule has 1 unspecified atom stereocenters. The summed E-state index contributed by atoms with van der Waals surface area (Å²) in [6.45, 7) is 0.754. The van der Waals surface area contributed by atoms with Crippen molar-refractivity contribution in [3.63, 3.8) is 0 Å². The first-order valence-corrected chi connectivity index (χ1v) is 9.45.